The Morgan fingerprint density at radius 1 is 1.41 bits per heavy atom. The fourth-order valence-corrected chi connectivity index (χ4v) is 3.32. The van der Waals surface area contributed by atoms with Crippen molar-refractivity contribution < 1.29 is 9.18 Å². The van der Waals surface area contributed by atoms with E-state index in [1.165, 1.54) is 0 Å². The molecule has 0 heterocycles. The normalized spacial score (nSPS) is 34.5. The van der Waals surface area contributed by atoms with Gasteiger partial charge in [0.05, 0.1) is 6.07 Å². The molecule has 0 amide bonds. The van der Waals surface area contributed by atoms with Crippen molar-refractivity contribution in [2.24, 2.45) is 10.8 Å². The van der Waals surface area contributed by atoms with E-state index in [0.717, 1.165) is 12.8 Å². The van der Waals surface area contributed by atoms with Gasteiger partial charge in [-0.1, -0.05) is 13.8 Å². The zero-order valence-corrected chi connectivity index (χ0v) is 10.7. The van der Waals surface area contributed by atoms with Gasteiger partial charge in [-0.3, -0.25) is 4.79 Å². The lowest BCUT2D eigenvalue weighted by molar-refractivity contribution is -0.213. The van der Waals surface area contributed by atoms with Gasteiger partial charge in [-0.2, -0.15) is 5.26 Å². The van der Waals surface area contributed by atoms with Crippen LogP contribution < -0.4 is 0 Å². The van der Waals surface area contributed by atoms with Crippen LogP contribution in [0.2, 0.25) is 0 Å². The van der Waals surface area contributed by atoms with Crippen molar-refractivity contribution in [2.45, 2.75) is 64.5 Å². The molecule has 94 valence electrons. The van der Waals surface area contributed by atoms with Gasteiger partial charge in [0.2, 0.25) is 0 Å². The third-order valence-electron chi connectivity index (χ3n) is 4.34. The Hall–Kier alpha value is -0.910. The molecule has 0 radical (unpaired) electrons. The van der Waals surface area contributed by atoms with Gasteiger partial charge >= 0.3 is 0 Å². The fraction of sp³-hybridized carbons (Fsp3) is 0.857. The minimum Gasteiger partial charge on any atom is -0.299 e. The molecule has 0 aromatic rings. The number of unbranched alkanes of at least 4 members (excludes halogenated alkanes) is 1. The molecular formula is C14H20FNO. The van der Waals surface area contributed by atoms with E-state index in [0.29, 0.717) is 32.1 Å². The molecular weight excluding hydrogens is 217 g/mol. The highest BCUT2D eigenvalue weighted by Gasteiger charge is 2.72. The molecule has 3 aliphatic carbocycles. The van der Waals surface area contributed by atoms with Crippen LogP contribution in [0.4, 0.5) is 4.39 Å². The maximum Gasteiger partial charge on any atom is 0.139 e. The molecule has 0 spiro atoms. The van der Waals surface area contributed by atoms with Gasteiger partial charge in [-0.15, -0.1) is 0 Å². The number of nitrogens with zero attached hydrogens (tertiary/aromatic N) is 1. The van der Waals surface area contributed by atoms with Crippen molar-refractivity contribution in [1.82, 2.24) is 0 Å². The number of hydrogen-bond acceptors (Lipinski definition) is 2. The number of Topliss-reactive ketones (excluding diaryl/α,β-unsaturated/α-hetero) is 1. The van der Waals surface area contributed by atoms with Crippen LogP contribution >= 0.6 is 0 Å². The Morgan fingerprint density at radius 2 is 2.00 bits per heavy atom. The van der Waals surface area contributed by atoms with Crippen LogP contribution in [0.3, 0.4) is 0 Å². The average molecular weight is 237 g/mol. The summed E-state index contributed by atoms with van der Waals surface area (Å²) >= 11 is 0. The van der Waals surface area contributed by atoms with Crippen molar-refractivity contribution in [2.75, 3.05) is 0 Å². The molecule has 2 nitrogen and oxygen atoms in total. The van der Waals surface area contributed by atoms with Gasteiger partial charge in [-0.25, -0.2) is 4.39 Å². The molecule has 3 aliphatic rings. The molecule has 0 aliphatic heterocycles. The molecule has 3 saturated carbocycles. The van der Waals surface area contributed by atoms with E-state index in [9.17, 15) is 9.18 Å². The minimum absolute atomic E-state index is 0.0488. The van der Waals surface area contributed by atoms with E-state index < -0.39 is 5.67 Å². The van der Waals surface area contributed by atoms with Crippen LogP contribution in [0.1, 0.15) is 58.8 Å². The molecule has 0 atom stereocenters. The van der Waals surface area contributed by atoms with Crippen LogP contribution in [0.5, 0.6) is 0 Å². The van der Waals surface area contributed by atoms with Crippen molar-refractivity contribution in [1.29, 1.82) is 5.26 Å². The third kappa shape index (κ3) is 2.22. The predicted octanol–water partition coefficient (Wildman–Crippen LogP) is 3.56. The number of carbonyl (C=O) groups excluding carboxylic acids is 1. The Labute approximate surface area is 102 Å². The topological polar surface area (TPSA) is 40.9 Å². The molecule has 0 aromatic heterocycles. The monoisotopic (exact) mass is 237 g/mol. The van der Waals surface area contributed by atoms with Gasteiger partial charge in [0.25, 0.3) is 0 Å². The van der Waals surface area contributed by atoms with Crippen molar-refractivity contribution in [3.63, 3.8) is 0 Å². The minimum atomic E-state index is -0.986. The van der Waals surface area contributed by atoms with Gasteiger partial charge < -0.3 is 0 Å². The summed E-state index contributed by atoms with van der Waals surface area (Å²) in [6.45, 7) is 4.14. The van der Waals surface area contributed by atoms with Gasteiger partial charge in [0, 0.05) is 18.3 Å². The van der Waals surface area contributed by atoms with Crippen molar-refractivity contribution in [3.8, 4) is 6.07 Å². The number of hydrogen-bond donors (Lipinski definition) is 0. The lowest BCUT2D eigenvalue weighted by atomic mass is 9.40. The number of carbonyl (C=O) groups is 1. The summed E-state index contributed by atoms with van der Waals surface area (Å²) in [7, 11) is 0. The highest BCUT2D eigenvalue weighted by Crippen LogP contribution is 2.70. The number of nitriles is 1. The summed E-state index contributed by atoms with van der Waals surface area (Å²) in [5.41, 5.74) is -1.32. The number of halogens is 1. The smallest absolute Gasteiger partial charge is 0.139 e. The van der Waals surface area contributed by atoms with E-state index in [4.69, 9.17) is 5.26 Å². The summed E-state index contributed by atoms with van der Waals surface area (Å²) in [5.74, 6) is 0.249. The predicted molar refractivity (Wildman–Crippen MR) is 63.0 cm³/mol. The fourth-order valence-electron chi connectivity index (χ4n) is 3.32. The Morgan fingerprint density at radius 3 is 2.47 bits per heavy atom. The van der Waals surface area contributed by atoms with Gasteiger partial charge in [0.15, 0.2) is 0 Å². The highest BCUT2D eigenvalue weighted by atomic mass is 19.1. The van der Waals surface area contributed by atoms with Crippen LogP contribution in [-0.2, 0) is 4.79 Å². The Kier molecular flexibility index (Phi) is 2.80. The molecule has 2 bridgehead atoms. The summed E-state index contributed by atoms with van der Waals surface area (Å²) in [5, 5.41) is 8.50. The van der Waals surface area contributed by atoms with Crippen LogP contribution in [0.15, 0.2) is 0 Å². The summed E-state index contributed by atoms with van der Waals surface area (Å²) in [6, 6.07) is 2.12. The molecule has 3 rings (SSSR count). The quantitative estimate of drug-likeness (QED) is 0.663. The Bertz CT molecular complexity index is 360. The lowest BCUT2D eigenvalue weighted by Gasteiger charge is -2.65. The molecule has 3 fully saturated rings. The van der Waals surface area contributed by atoms with E-state index in [1.54, 1.807) is 0 Å². The number of alkyl halides is 1. The van der Waals surface area contributed by atoms with Gasteiger partial charge in [-0.05, 0) is 37.5 Å². The molecule has 0 saturated heterocycles. The van der Waals surface area contributed by atoms with Gasteiger partial charge in [0.1, 0.15) is 11.5 Å². The average Bonchev–Trinajstić information content (AvgIpc) is 2.10. The second kappa shape index (κ2) is 3.80. The summed E-state index contributed by atoms with van der Waals surface area (Å²) in [6.07, 6.45) is 4.22. The number of rotatable bonds is 6. The van der Waals surface area contributed by atoms with Crippen LogP contribution in [0, 0.1) is 22.2 Å². The summed E-state index contributed by atoms with van der Waals surface area (Å²) < 4.78 is 13.4. The first-order valence-corrected chi connectivity index (χ1v) is 6.40. The number of ketones is 1. The maximum atomic E-state index is 13.4. The highest BCUT2D eigenvalue weighted by molar-refractivity contribution is 5.89. The zero-order valence-electron chi connectivity index (χ0n) is 10.7. The second-order valence-corrected chi connectivity index (χ2v) is 6.74. The SMILES string of the molecule is CC(C)(CCCC#N)CC(=O)C12CC(F)(C1)C2. The summed E-state index contributed by atoms with van der Waals surface area (Å²) in [4.78, 5) is 12.1. The molecule has 17 heavy (non-hydrogen) atoms. The first kappa shape index (κ1) is 12.5. The van der Waals surface area contributed by atoms with Crippen molar-refractivity contribution in [3.05, 3.63) is 0 Å². The molecule has 0 N–H and O–H groups in total. The Balaban J connectivity index is 1.80. The maximum absolute atomic E-state index is 13.4. The second-order valence-electron chi connectivity index (χ2n) is 6.74. The van der Waals surface area contributed by atoms with Crippen LogP contribution in [0.25, 0.3) is 0 Å². The van der Waals surface area contributed by atoms with Crippen LogP contribution in [-0.4, -0.2) is 11.5 Å². The zero-order chi connectivity index (χ0) is 12.7. The molecule has 0 unspecified atom stereocenters. The van der Waals surface area contributed by atoms with E-state index >= 15 is 0 Å². The molecule has 0 aromatic carbocycles. The third-order valence-corrected chi connectivity index (χ3v) is 4.34. The lowest BCUT2D eigenvalue weighted by Crippen LogP contribution is -2.68. The van der Waals surface area contributed by atoms with Crippen molar-refractivity contribution >= 4 is 5.78 Å². The largest absolute Gasteiger partial charge is 0.299 e. The van der Waals surface area contributed by atoms with E-state index in [-0.39, 0.29) is 16.6 Å². The first-order chi connectivity index (χ1) is 7.81. The van der Waals surface area contributed by atoms with E-state index in [2.05, 4.69) is 19.9 Å². The first-order valence-electron chi connectivity index (χ1n) is 6.40. The molecule has 3 heteroatoms. The standard InChI is InChI=1S/C14H20FNO/c1-12(2,5-3-4-6-16)7-11(17)13-8-14(15,9-13)10-13/h3-5,7-10H2,1-2H3. The van der Waals surface area contributed by atoms with E-state index in [1.807, 2.05) is 0 Å².